The van der Waals surface area contributed by atoms with Gasteiger partial charge in [0.1, 0.15) is 16.8 Å². The summed E-state index contributed by atoms with van der Waals surface area (Å²) in [4.78, 5) is 22.7. The second kappa shape index (κ2) is 5.05. The lowest BCUT2D eigenvalue weighted by Crippen LogP contribution is -2.21. The van der Waals surface area contributed by atoms with Gasteiger partial charge in [0, 0.05) is 6.20 Å². The molecule has 114 valence electrons. The molecule has 0 N–H and O–H groups in total. The van der Waals surface area contributed by atoms with E-state index in [4.69, 9.17) is 9.57 Å². The Balaban J connectivity index is 1.69. The summed E-state index contributed by atoms with van der Waals surface area (Å²) in [6.45, 7) is 0. The number of rotatable bonds is 3. The van der Waals surface area contributed by atoms with Crippen LogP contribution >= 0.6 is 0 Å². The van der Waals surface area contributed by atoms with Gasteiger partial charge < -0.3 is 9.57 Å². The molecular weight excluding hydrogens is 300 g/mol. The monoisotopic (exact) mass is 310 g/mol. The van der Waals surface area contributed by atoms with E-state index in [-0.39, 0.29) is 0 Å². The Morgan fingerprint density at radius 2 is 2.17 bits per heavy atom. The molecule has 0 fully saturated rings. The van der Waals surface area contributed by atoms with E-state index >= 15 is 0 Å². The third kappa shape index (κ3) is 2.14. The summed E-state index contributed by atoms with van der Waals surface area (Å²) in [5, 5.41) is 11.8. The van der Waals surface area contributed by atoms with Crippen LogP contribution in [0, 0.1) is 0 Å². The Bertz CT molecular complexity index is 1020. The predicted molar refractivity (Wildman–Crippen MR) is 78.0 cm³/mol. The zero-order chi connectivity index (χ0) is 15.8. The molecule has 4 aromatic heterocycles. The molecular formula is C14H10N6O3. The van der Waals surface area contributed by atoms with Gasteiger partial charge in [-0.1, -0.05) is 0 Å². The van der Waals surface area contributed by atoms with E-state index in [1.165, 1.54) is 10.7 Å². The smallest absolute Gasteiger partial charge is 0.369 e. The van der Waals surface area contributed by atoms with Gasteiger partial charge in [-0.05, 0) is 34.3 Å². The van der Waals surface area contributed by atoms with Gasteiger partial charge in [0.25, 0.3) is 0 Å². The van der Waals surface area contributed by atoms with Crippen molar-refractivity contribution in [3.63, 3.8) is 0 Å². The molecule has 4 rings (SSSR count). The lowest BCUT2D eigenvalue weighted by Gasteiger charge is -2.02. The van der Waals surface area contributed by atoms with Gasteiger partial charge in [0.15, 0.2) is 0 Å². The average Bonchev–Trinajstić information content (AvgIpc) is 3.18. The number of aromatic nitrogens is 6. The number of carbonyl (C=O) groups excluding carboxylic acids is 1. The summed E-state index contributed by atoms with van der Waals surface area (Å²) in [5.41, 5.74) is 1.78. The molecule has 0 amide bonds. The van der Waals surface area contributed by atoms with Crippen LogP contribution in [0.2, 0.25) is 0 Å². The molecule has 0 saturated heterocycles. The van der Waals surface area contributed by atoms with E-state index in [1.54, 1.807) is 43.8 Å². The second-order valence-corrected chi connectivity index (χ2v) is 4.64. The first-order valence-corrected chi connectivity index (χ1v) is 6.67. The Morgan fingerprint density at radius 3 is 3.04 bits per heavy atom. The maximum Gasteiger partial charge on any atom is 0.369 e. The van der Waals surface area contributed by atoms with Gasteiger partial charge in [0.2, 0.25) is 5.65 Å². The molecule has 0 aliphatic rings. The highest BCUT2D eigenvalue weighted by Gasteiger charge is 2.18. The van der Waals surface area contributed by atoms with Crippen LogP contribution in [-0.2, 0) is 0 Å². The van der Waals surface area contributed by atoms with Crippen molar-refractivity contribution in [1.29, 1.82) is 0 Å². The first-order valence-electron chi connectivity index (χ1n) is 6.67. The second-order valence-electron chi connectivity index (χ2n) is 4.64. The van der Waals surface area contributed by atoms with Crippen molar-refractivity contribution in [1.82, 2.24) is 29.8 Å². The lowest BCUT2D eigenvalue weighted by molar-refractivity contribution is 0.0407. The first kappa shape index (κ1) is 13.2. The van der Waals surface area contributed by atoms with E-state index in [1.807, 2.05) is 0 Å². The van der Waals surface area contributed by atoms with Crippen LogP contribution in [-0.4, -0.2) is 42.8 Å². The summed E-state index contributed by atoms with van der Waals surface area (Å²) in [5.74, 6) is 0.0228. The molecule has 23 heavy (non-hydrogen) atoms. The third-order valence-electron chi connectivity index (χ3n) is 3.29. The highest BCUT2D eigenvalue weighted by Crippen LogP contribution is 2.16. The van der Waals surface area contributed by atoms with Crippen LogP contribution in [0.3, 0.4) is 0 Å². The van der Waals surface area contributed by atoms with Gasteiger partial charge in [-0.2, -0.15) is 5.10 Å². The number of ether oxygens (including phenoxy) is 1. The summed E-state index contributed by atoms with van der Waals surface area (Å²) < 4.78 is 6.65. The molecule has 0 spiro atoms. The number of pyridine rings is 2. The average molecular weight is 310 g/mol. The van der Waals surface area contributed by atoms with Gasteiger partial charge >= 0.3 is 5.97 Å². The Hall–Kier alpha value is -3.49. The Morgan fingerprint density at radius 1 is 1.26 bits per heavy atom. The molecule has 0 unspecified atom stereocenters. The van der Waals surface area contributed by atoms with Crippen molar-refractivity contribution in [2.45, 2.75) is 0 Å². The van der Waals surface area contributed by atoms with Crippen molar-refractivity contribution < 1.29 is 14.4 Å². The van der Waals surface area contributed by atoms with Crippen molar-refractivity contribution >= 4 is 22.6 Å². The summed E-state index contributed by atoms with van der Waals surface area (Å²) in [6.07, 6.45) is 4.65. The highest BCUT2D eigenvalue weighted by molar-refractivity contribution is 5.97. The minimum Gasteiger partial charge on any atom is -0.495 e. The number of carbonyl (C=O) groups is 1. The topological polar surface area (TPSA) is 96.4 Å². The summed E-state index contributed by atoms with van der Waals surface area (Å²) in [6, 6.07) is 6.91. The predicted octanol–water partition coefficient (Wildman–Crippen LogP) is 0.752. The molecule has 4 aromatic rings. The van der Waals surface area contributed by atoms with Crippen LogP contribution in [0.1, 0.15) is 10.4 Å². The van der Waals surface area contributed by atoms with E-state index < -0.39 is 5.97 Å². The van der Waals surface area contributed by atoms with Crippen molar-refractivity contribution in [3.05, 3.63) is 48.4 Å². The van der Waals surface area contributed by atoms with Crippen molar-refractivity contribution in [3.8, 4) is 5.75 Å². The molecule has 4 heterocycles. The Kier molecular flexibility index (Phi) is 2.90. The highest BCUT2D eigenvalue weighted by atomic mass is 16.7. The van der Waals surface area contributed by atoms with E-state index in [0.29, 0.717) is 28.0 Å². The maximum atomic E-state index is 12.4. The Labute approximate surface area is 129 Å². The van der Waals surface area contributed by atoms with Gasteiger partial charge in [0.05, 0.1) is 25.0 Å². The van der Waals surface area contributed by atoms with Gasteiger partial charge in [-0.15, -0.1) is 5.10 Å². The van der Waals surface area contributed by atoms with E-state index in [9.17, 15) is 4.79 Å². The van der Waals surface area contributed by atoms with Crippen LogP contribution < -0.4 is 9.57 Å². The molecule has 9 heteroatoms. The minimum absolute atomic E-state index is 0.298. The molecule has 9 nitrogen and oxygen atoms in total. The van der Waals surface area contributed by atoms with E-state index in [0.717, 1.165) is 4.85 Å². The zero-order valence-electron chi connectivity index (χ0n) is 11.9. The zero-order valence-corrected chi connectivity index (χ0v) is 11.9. The lowest BCUT2D eigenvalue weighted by atomic mass is 10.2. The number of fused-ring (bicyclic) bond motifs is 2. The fraction of sp³-hybridized carbons (Fsp3) is 0.0714. The largest absolute Gasteiger partial charge is 0.495 e. The summed E-state index contributed by atoms with van der Waals surface area (Å²) >= 11 is 0. The van der Waals surface area contributed by atoms with Crippen LogP contribution in [0.15, 0.2) is 42.9 Å². The van der Waals surface area contributed by atoms with Gasteiger partial charge in [-0.3, -0.25) is 0 Å². The standard InChI is InChI=1S/C14H10N6O3/c1-22-9-4-5-12-10(7-16-19(12)8-9)14(21)23-20-13-11(17-18-20)3-2-6-15-13/h2-8H,1H3. The molecule has 0 atom stereocenters. The fourth-order valence-electron chi connectivity index (χ4n) is 2.18. The fourth-order valence-corrected chi connectivity index (χ4v) is 2.18. The number of hydrogen-bond donors (Lipinski definition) is 0. The number of hydrogen-bond acceptors (Lipinski definition) is 7. The van der Waals surface area contributed by atoms with Crippen LogP contribution in [0.5, 0.6) is 5.75 Å². The molecule has 0 aliphatic heterocycles. The molecule has 0 radical (unpaired) electrons. The van der Waals surface area contributed by atoms with Crippen molar-refractivity contribution in [2.24, 2.45) is 0 Å². The summed E-state index contributed by atoms with van der Waals surface area (Å²) in [7, 11) is 1.56. The SMILES string of the molecule is COc1ccc2c(C(=O)On3nnc4cccnc43)cnn2c1. The van der Waals surface area contributed by atoms with Crippen LogP contribution in [0.25, 0.3) is 16.7 Å². The molecule has 0 aliphatic carbocycles. The number of nitrogens with zero attached hydrogens (tertiary/aromatic N) is 6. The minimum atomic E-state index is -0.609. The number of methoxy groups -OCH3 is 1. The van der Waals surface area contributed by atoms with Gasteiger partial charge in [-0.25, -0.2) is 14.3 Å². The molecule has 0 bridgehead atoms. The third-order valence-corrected chi connectivity index (χ3v) is 3.29. The van der Waals surface area contributed by atoms with E-state index in [2.05, 4.69) is 20.4 Å². The first-order chi connectivity index (χ1) is 11.3. The quantitative estimate of drug-likeness (QED) is 0.515. The molecule has 0 aromatic carbocycles. The molecule has 0 saturated carbocycles. The van der Waals surface area contributed by atoms with Crippen molar-refractivity contribution in [2.75, 3.05) is 7.11 Å². The normalized spacial score (nSPS) is 11.0. The van der Waals surface area contributed by atoms with Crippen LogP contribution in [0.4, 0.5) is 0 Å². The maximum absolute atomic E-state index is 12.4.